The smallest absolute Gasteiger partial charge is 0.251 e. The third-order valence-electron chi connectivity index (χ3n) is 3.95. The number of amides is 1. The minimum atomic E-state index is -0.840. The number of nitrogens with one attached hydrogen (secondary N) is 1. The van der Waals surface area contributed by atoms with Gasteiger partial charge in [0.05, 0.1) is 12.2 Å². The molecule has 108 valence electrons. The van der Waals surface area contributed by atoms with Gasteiger partial charge < -0.3 is 19.9 Å². The summed E-state index contributed by atoms with van der Waals surface area (Å²) in [6.45, 7) is 2.04. The first-order chi connectivity index (χ1) is 9.66. The van der Waals surface area contributed by atoms with Crippen molar-refractivity contribution in [3.63, 3.8) is 0 Å². The van der Waals surface area contributed by atoms with Gasteiger partial charge in [-0.3, -0.25) is 4.79 Å². The monoisotopic (exact) mass is 277 g/mol. The molecule has 1 aromatic rings. The molecule has 0 aromatic heterocycles. The molecule has 3 rings (SSSR count). The molecule has 1 fully saturated rings. The molecule has 1 aromatic carbocycles. The first-order valence-corrected chi connectivity index (χ1v) is 7.00. The van der Waals surface area contributed by atoms with E-state index in [1.54, 1.807) is 6.07 Å². The Morgan fingerprint density at radius 3 is 2.90 bits per heavy atom. The maximum atomic E-state index is 12.1. The highest BCUT2D eigenvalue weighted by Crippen LogP contribution is 2.26. The summed E-state index contributed by atoms with van der Waals surface area (Å²) in [5.74, 6) is 0.712. The molecule has 20 heavy (non-hydrogen) atoms. The number of fused-ring (bicyclic) bond motifs is 1. The second-order valence-corrected chi connectivity index (χ2v) is 5.44. The average molecular weight is 277 g/mol. The molecule has 2 N–H and O–H groups in total. The molecule has 0 unspecified atom stereocenters. The number of hydrogen-bond acceptors (Lipinski definition) is 4. The van der Waals surface area contributed by atoms with Crippen molar-refractivity contribution < 1.29 is 19.4 Å². The van der Waals surface area contributed by atoms with E-state index >= 15 is 0 Å². The number of aliphatic hydroxyl groups is 1. The Kier molecular flexibility index (Phi) is 3.63. The number of ether oxygens (including phenoxy) is 2. The molecule has 0 spiro atoms. The zero-order valence-corrected chi connectivity index (χ0v) is 11.4. The number of hydrogen-bond donors (Lipinski definition) is 2. The number of carbonyl (C=O) groups is 1. The lowest BCUT2D eigenvalue weighted by molar-refractivity contribution is -0.0605. The fourth-order valence-corrected chi connectivity index (χ4v) is 2.60. The van der Waals surface area contributed by atoms with Gasteiger partial charge >= 0.3 is 0 Å². The Bertz CT molecular complexity index is 509. The van der Waals surface area contributed by atoms with E-state index in [0.717, 1.165) is 17.7 Å². The third kappa shape index (κ3) is 2.78. The summed E-state index contributed by atoms with van der Waals surface area (Å²) in [6.07, 6.45) is 1.97. The van der Waals surface area contributed by atoms with Gasteiger partial charge in [-0.1, -0.05) is 0 Å². The SMILES string of the molecule is O=C(NCC1(O)CCOCC1)c1ccc2c(c1)CCO2. The molecule has 0 saturated carbocycles. The van der Waals surface area contributed by atoms with Gasteiger partial charge in [0.2, 0.25) is 0 Å². The van der Waals surface area contributed by atoms with Gasteiger partial charge in [0.1, 0.15) is 5.75 Å². The van der Waals surface area contributed by atoms with Crippen molar-refractivity contribution in [2.24, 2.45) is 0 Å². The molecule has 2 heterocycles. The van der Waals surface area contributed by atoms with E-state index in [1.165, 1.54) is 0 Å². The predicted octanol–water partition coefficient (Wildman–Crippen LogP) is 0.893. The van der Waals surface area contributed by atoms with Crippen molar-refractivity contribution in [1.82, 2.24) is 5.32 Å². The van der Waals surface area contributed by atoms with Crippen molar-refractivity contribution in [2.75, 3.05) is 26.4 Å². The molecule has 2 aliphatic rings. The quantitative estimate of drug-likeness (QED) is 0.861. The zero-order valence-electron chi connectivity index (χ0n) is 11.4. The van der Waals surface area contributed by atoms with Crippen LogP contribution in [0.3, 0.4) is 0 Å². The van der Waals surface area contributed by atoms with Crippen molar-refractivity contribution in [3.05, 3.63) is 29.3 Å². The van der Waals surface area contributed by atoms with Crippen molar-refractivity contribution in [1.29, 1.82) is 0 Å². The third-order valence-corrected chi connectivity index (χ3v) is 3.95. The largest absolute Gasteiger partial charge is 0.493 e. The summed E-state index contributed by atoms with van der Waals surface area (Å²) in [5, 5.41) is 13.1. The fraction of sp³-hybridized carbons (Fsp3) is 0.533. The summed E-state index contributed by atoms with van der Waals surface area (Å²) in [6, 6.07) is 5.46. The summed E-state index contributed by atoms with van der Waals surface area (Å²) >= 11 is 0. The highest BCUT2D eigenvalue weighted by atomic mass is 16.5. The second kappa shape index (κ2) is 5.42. The Labute approximate surface area is 117 Å². The lowest BCUT2D eigenvalue weighted by Gasteiger charge is -2.32. The fourth-order valence-electron chi connectivity index (χ4n) is 2.60. The van der Waals surface area contributed by atoms with Gasteiger partial charge in [-0.25, -0.2) is 0 Å². The first kappa shape index (κ1) is 13.4. The van der Waals surface area contributed by atoms with Gasteiger partial charge in [-0.2, -0.15) is 0 Å². The van der Waals surface area contributed by atoms with Crippen molar-refractivity contribution in [2.45, 2.75) is 24.9 Å². The highest BCUT2D eigenvalue weighted by Gasteiger charge is 2.30. The average Bonchev–Trinajstić information content (AvgIpc) is 2.93. The molecular formula is C15H19NO4. The van der Waals surface area contributed by atoms with E-state index in [1.807, 2.05) is 12.1 Å². The van der Waals surface area contributed by atoms with E-state index in [0.29, 0.717) is 38.2 Å². The topological polar surface area (TPSA) is 67.8 Å². The molecule has 5 nitrogen and oxygen atoms in total. The van der Waals surface area contributed by atoms with Gasteiger partial charge in [-0.05, 0) is 23.8 Å². The van der Waals surface area contributed by atoms with Gasteiger partial charge in [0.15, 0.2) is 0 Å². The first-order valence-electron chi connectivity index (χ1n) is 7.00. The molecule has 1 saturated heterocycles. The number of carbonyl (C=O) groups excluding carboxylic acids is 1. The van der Waals surface area contributed by atoms with Gasteiger partial charge in [-0.15, -0.1) is 0 Å². The van der Waals surface area contributed by atoms with Crippen LogP contribution < -0.4 is 10.1 Å². The molecule has 0 bridgehead atoms. The van der Waals surface area contributed by atoms with Crippen molar-refractivity contribution in [3.8, 4) is 5.75 Å². The molecular weight excluding hydrogens is 258 g/mol. The second-order valence-electron chi connectivity index (χ2n) is 5.44. The van der Waals surface area contributed by atoms with E-state index in [4.69, 9.17) is 9.47 Å². The van der Waals surface area contributed by atoms with Crippen LogP contribution in [0.15, 0.2) is 18.2 Å². The molecule has 2 aliphatic heterocycles. The molecule has 0 atom stereocenters. The Balaban J connectivity index is 1.61. The Morgan fingerprint density at radius 2 is 2.10 bits per heavy atom. The minimum Gasteiger partial charge on any atom is -0.493 e. The Hall–Kier alpha value is -1.59. The predicted molar refractivity (Wildman–Crippen MR) is 73.0 cm³/mol. The van der Waals surface area contributed by atoms with Crippen LogP contribution in [0.1, 0.15) is 28.8 Å². The molecule has 0 radical (unpaired) electrons. The van der Waals surface area contributed by atoms with E-state index in [9.17, 15) is 9.90 Å². The lowest BCUT2D eigenvalue weighted by atomic mass is 9.94. The zero-order chi connectivity index (χ0) is 14.0. The summed E-state index contributed by atoms with van der Waals surface area (Å²) in [7, 11) is 0. The lowest BCUT2D eigenvalue weighted by Crippen LogP contribution is -2.46. The van der Waals surface area contributed by atoms with Crippen LogP contribution in [0.4, 0.5) is 0 Å². The Morgan fingerprint density at radius 1 is 1.30 bits per heavy atom. The van der Waals surface area contributed by atoms with E-state index in [-0.39, 0.29) is 12.5 Å². The van der Waals surface area contributed by atoms with Gasteiger partial charge in [0.25, 0.3) is 5.91 Å². The van der Waals surface area contributed by atoms with E-state index < -0.39 is 5.60 Å². The molecule has 1 amide bonds. The maximum Gasteiger partial charge on any atom is 0.251 e. The van der Waals surface area contributed by atoms with Crippen LogP contribution in [0.5, 0.6) is 5.75 Å². The van der Waals surface area contributed by atoms with Crippen LogP contribution in [0.2, 0.25) is 0 Å². The van der Waals surface area contributed by atoms with Crippen LogP contribution in [-0.4, -0.2) is 43.0 Å². The highest BCUT2D eigenvalue weighted by molar-refractivity contribution is 5.94. The summed E-state index contributed by atoms with van der Waals surface area (Å²) in [4.78, 5) is 12.1. The minimum absolute atomic E-state index is 0.153. The van der Waals surface area contributed by atoms with Crippen molar-refractivity contribution >= 4 is 5.91 Å². The van der Waals surface area contributed by atoms with Gasteiger partial charge in [0, 0.05) is 44.6 Å². The van der Waals surface area contributed by atoms with E-state index in [2.05, 4.69) is 5.32 Å². The van der Waals surface area contributed by atoms with Crippen LogP contribution in [-0.2, 0) is 11.2 Å². The normalized spacial score (nSPS) is 20.1. The maximum absolute atomic E-state index is 12.1. The van der Waals surface area contributed by atoms with Crippen LogP contribution in [0.25, 0.3) is 0 Å². The number of benzene rings is 1. The summed E-state index contributed by atoms with van der Waals surface area (Å²) in [5.41, 5.74) is 0.848. The van der Waals surface area contributed by atoms with Crippen LogP contribution >= 0.6 is 0 Å². The molecule has 5 heteroatoms. The molecule has 0 aliphatic carbocycles. The van der Waals surface area contributed by atoms with Crippen LogP contribution in [0, 0.1) is 0 Å². The number of rotatable bonds is 3. The summed E-state index contributed by atoms with van der Waals surface area (Å²) < 4.78 is 10.6. The standard InChI is InChI=1S/C15H19NO4/c17-14(16-10-15(18)4-7-19-8-5-15)12-1-2-13-11(9-12)3-6-20-13/h1-2,9,18H,3-8,10H2,(H,16,17).